The number of para-hydroxylation sites is 2. The predicted molar refractivity (Wildman–Crippen MR) is 111 cm³/mol. The van der Waals surface area contributed by atoms with E-state index in [1.165, 1.54) is 10.8 Å². The Morgan fingerprint density at radius 1 is 0.926 bits per heavy atom. The average Bonchev–Trinajstić information content (AvgIpc) is 3.01. The molecule has 0 saturated heterocycles. The fraction of sp³-hybridized carbons (Fsp3) is 0.182. The fourth-order valence-corrected chi connectivity index (χ4v) is 4.29. The Balaban J connectivity index is 1.52. The molecule has 0 saturated carbocycles. The molecule has 2 atom stereocenters. The van der Waals surface area contributed by atoms with Crippen molar-refractivity contribution in [1.82, 2.24) is 9.29 Å². The first kappa shape index (κ1) is 17.9. The van der Waals surface area contributed by atoms with Gasteiger partial charge < -0.3 is 9.67 Å². The van der Waals surface area contributed by atoms with E-state index in [9.17, 15) is 9.32 Å². The van der Waals surface area contributed by atoms with Crippen LogP contribution in [0.2, 0.25) is 0 Å². The molecule has 5 heteroatoms. The lowest BCUT2D eigenvalue weighted by Crippen LogP contribution is -2.31. The van der Waals surface area contributed by atoms with Crippen LogP contribution in [-0.4, -0.2) is 26.5 Å². The van der Waals surface area contributed by atoms with E-state index in [4.69, 9.17) is 0 Å². The van der Waals surface area contributed by atoms with Gasteiger partial charge >= 0.3 is 0 Å². The molecule has 4 aromatic rings. The van der Waals surface area contributed by atoms with Crippen LogP contribution < -0.4 is 4.72 Å². The van der Waals surface area contributed by atoms with Crippen LogP contribution in [0.1, 0.15) is 5.56 Å². The fourth-order valence-electron chi connectivity index (χ4n) is 3.39. The van der Waals surface area contributed by atoms with Crippen molar-refractivity contribution in [2.75, 3.05) is 6.54 Å². The minimum Gasteiger partial charge on any atom is -0.390 e. The number of fused-ring (bicyclic) bond motifs is 3. The van der Waals surface area contributed by atoms with Gasteiger partial charge in [-0.05, 0) is 31.2 Å². The molecule has 138 valence electrons. The molecule has 2 unspecified atom stereocenters. The van der Waals surface area contributed by atoms with E-state index in [0.717, 1.165) is 16.6 Å². The number of aliphatic hydroxyl groups excluding tert-OH is 1. The maximum absolute atomic E-state index is 12.4. The minimum absolute atomic E-state index is 0.251. The van der Waals surface area contributed by atoms with Crippen molar-refractivity contribution < 1.29 is 9.32 Å². The van der Waals surface area contributed by atoms with Gasteiger partial charge in [-0.1, -0.05) is 54.1 Å². The Morgan fingerprint density at radius 2 is 1.48 bits per heavy atom. The van der Waals surface area contributed by atoms with Crippen molar-refractivity contribution in [2.45, 2.75) is 24.5 Å². The lowest BCUT2D eigenvalue weighted by Gasteiger charge is -2.14. The van der Waals surface area contributed by atoms with Crippen molar-refractivity contribution >= 4 is 32.8 Å². The van der Waals surface area contributed by atoms with Crippen molar-refractivity contribution in [1.29, 1.82) is 0 Å². The zero-order valence-electron chi connectivity index (χ0n) is 15.1. The highest BCUT2D eigenvalue weighted by molar-refractivity contribution is 7.83. The summed E-state index contributed by atoms with van der Waals surface area (Å²) in [5, 5.41) is 12.9. The average molecular weight is 378 g/mol. The van der Waals surface area contributed by atoms with Crippen LogP contribution in [0.25, 0.3) is 21.8 Å². The van der Waals surface area contributed by atoms with Crippen molar-refractivity contribution in [3.8, 4) is 0 Å². The summed E-state index contributed by atoms with van der Waals surface area (Å²) >= 11 is 0. The van der Waals surface area contributed by atoms with E-state index >= 15 is 0 Å². The molecule has 0 aliphatic rings. The molecule has 2 N–H and O–H groups in total. The van der Waals surface area contributed by atoms with Crippen LogP contribution in [0.3, 0.4) is 0 Å². The second-order valence-electron chi connectivity index (χ2n) is 6.73. The zero-order valence-corrected chi connectivity index (χ0v) is 15.9. The molecule has 4 nitrogen and oxygen atoms in total. The quantitative estimate of drug-likeness (QED) is 0.537. The largest absolute Gasteiger partial charge is 0.390 e. The number of aryl methyl sites for hydroxylation is 1. The number of hydrogen-bond acceptors (Lipinski definition) is 2. The van der Waals surface area contributed by atoms with Crippen LogP contribution in [-0.2, 0) is 17.5 Å². The highest BCUT2D eigenvalue weighted by Gasteiger charge is 2.14. The standard InChI is InChI=1S/C22H22N2O2S/c1-16-10-12-18(13-11-16)27(26)23-14-17(25)15-24-21-8-4-2-6-19(21)20-7-3-5-9-22(20)24/h2-13,17,23,25H,14-15H2,1H3. The van der Waals surface area contributed by atoms with Gasteiger partial charge in [-0.3, -0.25) is 0 Å². The van der Waals surface area contributed by atoms with E-state index in [-0.39, 0.29) is 6.54 Å². The third-order valence-corrected chi connectivity index (χ3v) is 5.89. The molecule has 27 heavy (non-hydrogen) atoms. The monoisotopic (exact) mass is 378 g/mol. The highest BCUT2D eigenvalue weighted by Crippen LogP contribution is 2.28. The molecular weight excluding hydrogens is 356 g/mol. The SMILES string of the molecule is Cc1ccc(S(=O)NCC(O)Cn2c3ccccc3c3ccccc32)cc1. The van der Waals surface area contributed by atoms with Gasteiger partial charge in [-0.15, -0.1) is 0 Å². The van der Waals surface area contributed by atoms with Crippen LogP contribution >= 0.6 is 0 Å². The number of aliphatic hydroxyl groups is 1. The molecule has 0 fully saturated rings. The van der Waals surface area contributed by atoms with Crippen LogP contribution in [0, 0.1) is 6.92 Å². The van der Waals surface area contributed by atoms with E-state index in [1.54, 1.807) is 0 Å². The van der Waals surface area contributed by atoms with Crippen LogP contribution in [0.15, 0.2) is 77.7 Å². The molecular formula is C22H22N2O2S. The molecule has 3 aromatic carbocycles. The smallest absolute Gasteiger partial charge is 0.124 e. The molecule has 4 rings (SSSR count). The third kappa shape index (κ3) is 3.67. The topological polar surface area (TPSA) is 54.3 Å². The molecule has 0 spiro atoms. The number of nitrogens with zero attached hydrogens (tertiary/aromatic N) is 1. The van der Waals surface area contributed by atoms with Gasteiger partial charge in [0.2, 0.25) is 0 Å². The number of nitrogens with one attached hydrogen (secondary N) is 1. The Hall–Kier alpha value is -2.47. The predicted octanol–water partition coefficient (Wildman–Crippen LogP) is 3.78. The number of aromatic nitrogens is 1. The van der Waals surface area contributed by atoms with Crippen molar-refractivity contribution in [3.05, 3.63) is 78.4 Å². The first-order valence-corrected chi connectivity index (χ1v) is 10.1. The maximum Gasteiger partial charge on any atom is 0.124 e. The lowest BCUT2D eigenvalue weighted by atomic mass is 10.2. The van der Waals surface area contributed by atoms with Gasteiger partial charge in [0, 0.05) is 28.4 Å². The Labute approximate surface area is 161 Å². The second kappa shape index (κ2) is 7.64. The number of hydrogen-bond donors (Lipinski definition) is 2. The van der Waals surface area contributed by atoms with Gasteiger partial charge in [0.25, 0.3) is 0 Å². The Bertz CT molecular complexity index is 1050. The van der Waals surface area contributed by atoms with Crippen molar-refractivity contribution in [3.63, 3.8) is 0 Å². The van der Waals surface area contributed by atoms with Gasteiger partial charge in [0.05, 0.1) is 17.5 Å². The summed E-state index contributed by atoms with van der Waals surface area (Å²) in [6.45, 7) is 2.68. The molecule has 0 radical (unpaired) electrons. The summed E-state index contributed by atoms with van der Waals surface area (Å²) in [7, 11) is -1.33. The van der Waals surface area contributed by atoms with Gasteiger partial charge in [-0.2, -0.15) is 0 Å². The molecule has 0 aliphatic carbocycles. The normalized spacial score (nSPS) is 13.9. The van der Waals surface area contributed by atoms with Crippen molar-refractivity contribution in [2.24, 2.45) is 0 Å². The lowest BCUT2D eigenvalue weighted by molar-refractivity contribution is 0.161. The first-order chi connectivity index (χ1) is 13.1. The van der Waals surface area contributed by atoms with E-state index < -0.39 is 17.1 Å². The Kier molecular flexibility index (Phi) is 5.07. The summed E-state index contributed by atoms with van der Waals surface area (Å²) in [6.07, 6.45) is -0.654. The first-order valence-electron chi connectivity index (χ1n) is 8.99. The summed E-state index contributed by atoms with van der Waals surface area (Å²) in [4.78, 5) is 0.713. The maximum atomic E-state index is 12.4. The molecule has 0 aliphatic heterocycles. The van der Waals surface area contributed by atoms with E-state index in [0.29, 0.717) is 11.4 Å². The second-order valence-corrected chi connectivity index (χ2v) is 8.03. The highest BCUT2D eigenvalue weighted by atomic mass is 32.2. The summed E-state index contributed by atoms with van der Waals surface area (Å²) in [5.41, 5.74) is 3.32. The molecule has 1 aromatic heterocycles. The van der Waals surface area contributed by atoms with Crippen LogP contribution in [0.5, 0.6) is 0 Å². The summed E-state index contributed by atoms with van der Waals surface area (Å²) in [6, 6.07) is 24.0. The molecule has 0 bridgehead atoms. The zero-order chi connectivity index (χ0) is 18.8. The van der Waals surface area contributed by atoms with Gasteiger partial charge in [-0.25, -0.2) is 8.93 Å². The number of rotatable bonds is 6. The van der Waals surface area contributed by atoms with Gasteiger partial charge in [0.1, 0.15) is 11.0 Å². The Morgan fingerprint density at radius 3 is 2.07 bits per heavy atom. The summed E-state index contributed by atoms with van der Waals surface area (Å²) in [5.74, 6) is 0. The minimum atomic E-state index is -1.33. The van der Waals surface area contributed by atoms with E-state index in [2.05, 4.69) is 33.6 Å². The molecule has 1 heterocycles. The van der Waals surface area contributed by atoms with Crippen LogP contribution in [0.4, 0.5) is 0 Å². The summed E-state index contributed by atoms with van der Waals surface area (Å²) < 4.78 is 17.4. The molecule has 0 amide bonds. The third-order valence-electron chi connectivity index (χ3n) is 4.76. The van der Waals surface area contributed by atoms with Gasteiger partial charge in [0.15, 0.2) is 0 Å². The number of benzene rings is 3. The van der Waals surface area contributed by atoms with E-state index in [1.807, 2.05) is 55.5 Å².